The topological polar surface area (TPSA) is 9.03 Å². The average Bonchev–Trinajstić information content (AvgIpc) is 2.92. The van der Waals surface area contributed by atoms with Crippen LogP contribution in [0.15, 0.2) is 0 Å². The maximum atomic E-state index is 2.67. The Balaban J connectivity index is 1.68. The molecule has 3 rings (SSSR count). The SMILES string of the molecule is CC1CN1P(N1CC1C)N1CC1C. The van der Waals surface area contributed by atoms with Crippen LogP contribution in [-0.2, 0) is 0 Å². The molecule has 3 heterocycles. The van der Waals surface area contributed by atoms with Gasteiger partial charge in [0.15, 0.2) is 0 Å². The van der Waals surface area contributed by atoms with E-state index in [1.165, 1.54) is 19.6 Å². The van der Waals surface area contributed by atoms with Crippen molar-refractivity contribution in [3.05, 3.63) is 0 Å². The predicted molar refractivity (Wildman–Crippen MR) is 55.4 cm³/mol. The van der Waals surface area contributed by atoms with Crippen molar-refractivity contribution < 1.29 is 0 Å². The van der Waals surface area contributed by atoms with Gasteiger partial charge in [-0.05, 0) is 20.8 Å². The van der Waals surface area contributed by atoms with E-state index in [0.717, 1.165) is 18.1 Å². The van der Waals surface area contributed by atoms with E-state index in [0.29, 0.717) is 0 Å². The zero-order valence-electron chi connectivity index (χ0n) is 8.64. The van der Waals surface area contributed by atoms with E-state index in [9.17, 15) is 0 Å². The molecule has 0 spiro atoms. The maximum Gasteiger partial charge on any atom is 0.121 e. The normalized spacial score (nSPS) is 60.2. The van der Waals surface area contributed by atoms with Crippen LogP contribution in [0.2, 0.25) is 0 Å². The lowest BCUT2D eigenvalue weighted by atomic mass is 10.6. The molecule has 6 atom stereocenters. The summed E-state index contributed by atoms with van der Waals surface area (Å²) in [7, 11) is -0.0224. The zero-order chi connectivity index (χ0) is 9.16. The highest BCUT2D eigenvalue weighted by Gasteiger charge is 2.54. The monoisotopic (exact) mass is 199 g/mol. The first-order valence-electron chi connectivity index (χ1n) is 5.28. The molecule has 3 aliphatic rings. The first-order chi connectivity index (χ1) is 6.18. The highest BCUT2D eigenvalue weighted by Crippen LogP contribution is 2.63. The summed E-state index contributed by atoms with van der Waals surface area (Å²) in [6.45, 7) is 11.0. The van der Waals surface area contributed by atoms with Gasteiger partial charge in [-0.1, -0.05) is 0 Å². The fourth-order valence-electron chi connectivity index (χ4n) is 1.86. The average molecular weight is 199 g/mol. The second kappa shape index (κ2) is 2.66. The molecule has 0 radical (unpaired) electrons. The lowest BCUT2D eigenvalue weighted by Gasteiger charge is -2.21. The molecule has 74 valence electrons. The van der Waals surface area contributed by atoms with Crippen LogP contribution in [0, 0.1) is 0 Å². The summed E-state index contributed by atoms with van der Waals surface area (Å²) in [6.07, 6.45) is 0. The third kappa shape index (κ3) is 1.42. The van der Waals surface area contributed by atoms with Gasteiger partial charge in [0, 0.05) is 37.8 Å². The van der Waals surface area contributed by atoms with Crippen LogP contribution in [0.25, 0.3) is 0 Å². The van der Waals surface area contributed by atoms with E-state index >= 15 is 0 Å². The van der Waals surface area contributed by atoms with Crippen molar-refractivity contribution >= 4 is 8.37 Å². The van der Waals surface area contributed by atoms with Gasteiger partial charge in [-0.2, -0.15) is 0 Å². The lowest BCUT2D eigenvalue weighted by molar-refractivity contribution is 0.635. The van der Waals surface area contributed by atoms with Gasteiger partial charge in [0.25, 0.3) is 0 Å². The molecule has 0 aliphatic carbocycles. The van der Waals surface area contributed by atoms with Gasteiger partial charge in [0.05, 0.1) is 0 Å². The third-order valence-electron chi connectivity index (χ3n) is 3.17. The fraction of sp³-hybridized carbons (Fsp3) is 1.00. The quantitative estimate of drug-likeness (QED) is 0.501. The first kappa shape index (κ1) is 8.60. The largest absolute Gasteiger partial charge is 0.252 e. The molecule has 0 aromatic rings. The molecule has 3 saturated heterocycles. The molecule has 0 N–H and O–H groups in total. The molecule has 0 bridgehead atoms. The number of hydrogen-bond acceptors (Lipinski definition) is 3. The third-order valence-corrected chi connectivity index (χ3v) is 6.22. The van der Waals surface area contributed by atoms with Crippen molar-refractivity contribution in [3.63, 3.8) is 0 Å². The molecule has 4 heteroatoms. The second-order valence-corrected chi connectivity index (χ2v) is 6.76. The highest BCUT2D eigenvalue weighted by atomic mass is 31.2. The molecule has 0 saturated carbocycles. The summed E-state index contributed by atoms with van der Waals surface area (Å²) in [4.78, 5) is 0. The lowest BCUT2D eigenvalue weighted by Crippen LogP contribution is -2.10. The molecule has 3 fully saturated rings. The first-order valence-corrected chi connectivity index (χ1v) is 6.48. The number of hydrogen-bond donors (Lipinski definition) is 0. The van der Waals surface area contributed by atoms with Crippen molar-refractivity contribution in [1.82, 2.24) is 14.0 Å². The van der Waals surface area contributed by atoms with Gasteiger partial charge >= 0.3 is 0 Å². The van der Waals surface area contributed by atoms with Crippen LogP contribution in [0.3, 0.4) is 0 Å². The van der Waals surface area contributed by atoms with E-state index in [4.69, 9.17) is 0 Å². The summed E-state index contributed by atoms with van der Waals surface area (Å²) in [5.74, 6) is 0. The van der Waals surface area contributed by atoms with Crippen LogP contribution in [-0.4, -0.2) is 51.8 Å². The minimum absolute atomic E-state index is 0.0224. The van der Waals surface area contributed by atoms with Crippen molar-refractivity contribution in [3.8, 4) is 0 Å². The standard InChI is InChI=1S/C9H18N3P/c1-7-4-10(7)13(11-5-8(11)2)12-6-9(12)3/h7-9H,4-6H2,1-3H3. The molecular formula is C9H18N3P. The van der Waals surface area contributed by atoms with Crippen LogP contribution in [0.5, 0.6) is 0 Å². The Morgan fingerprint density at radius 2 is 1.00 bits per heavy atom. The number of nitrogens with zero attached hydrogens (tertiary/aromatic N) is 3. The minimum atomic E-state index is -0.0224. The van der Waals surface area contributed by atoms with Crippen molar-refractivity contribution in [2.75, 3.05) is 19.6 Å². The van der Waals surface area contributed by atoms with Crippen LogP contribution >= 0.6 is 8.37 Å². The molecule has 3 aliphatic heterocycles. The summed E-state index contributed by atoms with van der Waals surface area (Å²) in [5.41, 5.74) is 0. The summed E-state index contributed by atoms with van der Waals surface area (Å²) >= 11 is 0. The van der Waals surface area contributed by atoms with Gasteiger partial charge in [-0.3, -0.25) is 14.0 Å². The molecule has 13 heavy (non-hydrogen) atoms. The number of rotatable bonds is 3. The zero-order valence-corrected chi connectivity index (χ0v) is 9.54. The molecule has 3 nitrogen and oxygen atoms in total. The van der Waals surface area contributed by atoms with Gasteiger partial charge in [-0.25, -0.2) is 0 Å². The van der Waals surface area contributed by atoms with E-state index < -0.39 is 0 Å². The summed E-state index contributed by atoms with van der Waals surface area (Å²) < 4.78 is 8.01. The fourth-order valence-corrected chi connectivity index (χ4v) is 4.95. The Labute approximate surface area is 81.6 Å². The molecular weight excluding hydrogens is 181 g/mol. The van der Waals surface area contributed by atoms with Crippen LogP contribution in [0.1, 0.15) is 20.8 Å². The second-order valence-electron chi connectivity index (χ2n) is 4.68. The van der Waals surface area contributed by atoms with Gasteiger partial charge in [0.1, 0.15) is 8.37 Å². The predicted octanol–water partition coefficient (Wildman–Crippen LogP) is 1.33. The highest BCUT2D eigenvalue weighted by molar-refractivity contribution is 7.51. The minimum Gasteiger partial charge on any atom is -0.252 e. The van der Waals surface area contributed by atoms with Gasteiger partial charge in [0.2, 0.25) is 0 Å². The Morgan fingerprint density at radius 1 is 0.769 bits per heavy atom. The van der Waals surface area contributed by atoms with Gasteiger partial charge < -0.3 is 0 Å². The van der Waals surface area contributed by atoms with E-state index in [1.807, 2.05) is 0 Å². The van der Waals surface area contributed by atoms with Crippen molar-refractivity contribution in [2.24, 2.45) is 0 Å². The molecule has 6 unspecified atom stereocenters. The Morgan fingerprint density at radius 3 is 1.15 bits per heavy atom. The summed E-state index contributed by atoms with van der Waals surface area (Å²) in [5, 5.41) is 0. The Kier molecular flexibility index (Phi) is 1.76. The van der Waals surface area contributed by atoms with E-state index in [2.05, 4.69) is 34.8 Å². The van der Waals surface area contributed by atoms with Crippen LogP contribution < -0.4 is 0 Å². The van der Waals surface area contributed by atoms with E-state index in [-0.39, 0.29) is 8.37 Å². The molecule has 0 aromatic heterocycles. The van der Waals surface area contributed by atoms with Crippen LogP contribution in [0.4, 0.5) is 0 Å². The molecule has 0 aromatic carbocycles. The van der Waals surface area contributed by atoms with Crippen molar-refractivity contribution in [1.29, 1.82) is 0 Å². The summed E-state index contributed by atoms with van der Waals surface area (Å²) in [6, 6.07) is 2.56. The Hall–Kier alpha value is 0.310. The maximum absolute atomic E-state index is 2.67. The molecule has 0 amide bonds. The van der Waals surface area contributed by atoms with Gasteiger partial charge in [-0.15, -0.1) is 0 Å². The smallest absolute Gasteiger partial charge is 0.121 e. The Bertz CT molecular complexity index is 197. The van der Waals surface area contributed by atoms with Crippen molar-refractivity contribution in [2.45, 2.75) is 38.9 Å². The van der Waals surface area contributed by atoms with E-state index in [1.54, 1.807) is 0 Å².